The van der Waals surface area contributed by atoms with Crippen molar-refractivity contribution in [1.29, 1.82) is 0 Å². The van der Waals surface area contributed by atoms with Crippen LogP contribution in [0.1, 0.15) is 84.6 Å². The summed E-state index contributed by atoms with van der Waals surface area (Å²) >= 11 is 0. The van der Waals surface area contributed by atoms with Crippen molar-refractivity contribution < 1.29 is 0 Å². The fourth-order valence-electron chi connectivity index (χ4n) is 4.07. The molecule has 0 aliphatic rings. The lowest BCUT2D eigenvalue weighted by Gasteiger charge is -2.30. The Balaban J connectivity index is 2.13. The minimum atomic E-state index is 0.796. The summed E-state index contributed by atoms with van der Waals surface area (Å²) < 4.78 is 0. The standard InChI is InChI=1S/C23H40N4/c1-5-9-12-19(7-3)16-27(17-20(8-4)13-10-6-2)18-21-14-11-15-22-23(21)25-26-24-22/h11,14-15,19-20H,5-10,12-13,16-18H2,1-4H3,(H,24,25,26). The molecule has 1 N–H and O–H groups in total. The summed E-state index contributed by atoms with van der Waals surface area (Å²) in [6, 6.07) is 6.41. The summed E-state index contributed by atoms with van der Waals surface area (Å²) in [5, 5.41) is 11.4. The van der Waals surface area contributed by atoms with Crippen LogP contribution in [0.15, 0.2) is 18.2 Å². The molecule has 0 bridgehead atoms. The van der Waals surface area contributed by atoms with Gasteiger partial charge in [-0.05, 0) is 36.3 Å². The molecule has 2 atom stereocenters. The highest BCUT2D eigenvalue weighted by molar-refractivity contribution is 5.77. The van der Waals surface area contributed by atoms with Crippen LogP contribution in [0.2, 0.25) is 0 Å². The van der Waals surface area contributed by atoms with Gasteiger partial charge in [0.2, 0.25) is 0 Å². The number of fused-ring (bicyclic) bond motifs is 1. The van der Waals surface area contributed by atoms with Crippen LogP contribution in [0.4, 0.5) is 0 Å². The largest absolute Gasteiger partial charge is 0.298 e. The minimum absolute atomic E-state index is 0.796. The highest BCUT2D eigenvalue weighted by Crippen LogP contribution is 2.22. The van der Waals surface area contributed by atoms with Gasteiger partial charge in [0.25, 0.3) is 0 Å². The van der Waals surface area contributed by atoms with Crippen LogP contribution in [0, 0.1) is 11.8 Å². The molecule has 0 saturated carbocycles. The Morgan fingerprint density at radius 1 is 0.926 bits per heavy atom. The van der Waals surface area contributed by atoms with Gasteiger partial charge >= 0.3 is 0 Å². The smallest absolute Gasteiger partial charge is 0.117 e. The van der Waals surface area contributed by atoms with Crippen molar-refractivity contribution in [2.24, 2.45) is 11.8 Å². The monoisotopic (exact) mass is 372 g/mol. The molecule has 1 heterocycles. The average Bonchev–Trinajstić information content (AvgIpc) is 3.17. The molecule has 0 radical (unpaired) electrons. The van der Waals surface area contributed by atoms with Gasteiger partial charge in [-0.3, -0.25) is 10.00 Å². The zero-order chi connectivity index (χ0) is 19.5. The molecule has 0 aliphatic heterocycles. The second kappa shape index (κ2) is 12.1. The second-order valence-electron chi connectivity index (χ2n) is 8.15. The first-order chi connectivity index (χ1) is 13.2. The maximum atomic E-state index is 4.34. The van der Waals surface area contributed by atoms with Gasteiger partial charge in [0, 0.05) is 19.6 Å². The van der Waals surface area contributed by atoms with E-state index in [1.807, 2.05) is 0 Å². The first kappa shape index (κ1) is 21.9. The number of nitrogens with zero attached hydrogens (tertiary/aromatic N) is 3. The van der Waals surface area contributed by atoms with E-state index in [4.69, 9.17) is 0 Å². The molecule has 0 spiro atoms. The number of nitrogens with one attached hydrogen (secondary N) is 1. The van der Waals surface area contributed by atoms with Crippen LogP contribution in [0.5, 0.6) is 0 Å². The molecule has 1 aromatic heterocycles. The Bertz CT molecular complexity index is 618. The third kappa shape index (κ3) is 6.91. The zero-order valence-corrected chi connectivity index (χ0v) is 18.0. The van der Waals surface area contributed by atoms with Crippen molar-refractivity contribution in [3.05, 3.63) is 23.8 Å². The van der Waals surface area contributed by atoms with E-state index in [9.17, 15) is 0 Å². The lowest BCUT2D eigenvalue weighted by Crippen LogP contribution is -2.33. The maximum absolute atomic E-state index is 4.34. The number of aromatic nitrogens is 3. The van der Waals surface area contributed by atoms with E-state index in [0.29, 0.717) is 0 Å². The number of H-pyrrole nitrogens is 1. The molecule has 4 nitrogen and oxygen atoms in total. The van der Waals surface area contributed by atoms with E-state index in [2.05, 4.69) is 66.2 Å². The van der Waals surface area contributed by atoms with Gasteiger partial charge in [0.15, 0.2) is 0 Å². The summed E-state index contributed by atoms with van der Waals surface area (Å²) in [4.78, 5) is 2.71. The molecule has 0 saturated heterocycles. The number of benzene rings is 1. The molecule has 0 fully saturated rings. The van der Waals surface area contributed by atoms with Crippen molar-refractivity contribution in [3.8, 4) is 0 Å². The summed E-state index contributed by atoms with van der Waals surface area (Å²) in [7, 11) is 0. The van der Waals surface area contributed by atoms with E-state index in [-0.39, 0.29) is 0 Å². The molecule has 2 unspecified atom stereocenters. The fourth-order valence-corrected chi connectivity index (χ4v) is 4.07. The lowest BCUT2D eigenvalue weighted by atomic mass is 9.95. The molecular weight excluding hydrogens is 332 g/mol. The lowest BCUT2D eigenvalue weighted by molar-refractivity contribution is 0.174. The first-order valence-corrected chi connectivity index (χ1v) is 11.2. The quantitative estimate of drug-likeness (QED) is 0.430. The Morgan fingerprint density at radius 2 is 1.56 bits per heavy atom. The van der Waals surface area contributed by atoms with E-state index < -0.39 is 0 Å². The Kier molecular flexibility index (Phi) is 9.82. The van der Waals surface area contributed by atoms with Crippen LogP contribution in [0.3, 0.4) is 0 Å². The normalized spacial score (nSPS) is 14.1. The van der Waals surface area contributed by atoms with Gasteiger partial charge < -0.3 is 0 Å². The van der Waals surface area contributed by atoms with E-state index in [1.54, 1.807) is 0 Å². The zero-order valence-electron chi connectivity index (χ0n) is 18.0. The average molecular weight is 373 g/mol. The maximum Gasteiger partial charge on any atom is 0.117 e. The Labute approximate surface area is 166 Å². The highest BCUT2D eigenvalue weighted by atomic mass is 15.3. The summed E-state index contributed by atoms with van der Waals surface area (Å²) in [6.07, 6.45) is 10.5. The predicted molar refractivity (Wildman–Crippen MR) is 116 cm³/mol. The van der Waals surface area contributed by atoms with Crippen molar-refractivity contribution in [1.82, 2.24) is 20.3 Å². The summed E-state index contributed by atoms with van der Waals surface area (Å²) in [5.41, 5.74) is 3.38. The van der Waals surface area contributed by atoms with Crippen molar-refractivity contribution in [3.63, 3.8) is 0 Å². The molecule has 1 aromatic carbocycles. The molecule has 152 valence electrons. The molecule has 0 amide bonds. The fraction of sp³-hybridized carbons (Fsp3) is 0.739. The number of aromatic amines is 1. The first-order valence-electron chi connectivity index (χ1n) is 11.2. The van der Waals surface area contributed by atoms with Gasteiger partial charge in [0.05, 0.1) is 5.52 Å². The van der Waals surface area contributed by atoms with Crippen LogP contribution >= 0.6 is 0 Å². The molecule has 0 aliphatic carbocycles. The van der Waals surface area contributed by atoms with E-state index >= 15 is 0 Å². The number of hydrogen-bond donors (Lipinski definition) is 1. The SMILES string of the molecule is CCCCC(CC)CN(Cc1cccc2[nH]nnc12)CC(CC)CCCC. The van der Waals surface area contributed by atoms with Gasteiger partial charge in [-0.15, -0.1) is 5.10 Å². The molecule has 2 rings (SSSR count). The van der Waals surface area contributed by atoms with Gasteiger partial charge in [0.1, 0.15) is 5.52 Å². The Hall–Kier alpha value is -1.42. The Morgan fingerprint density at radius 3 is 2.11 bits per heavy atom. The molecule has 27 heavy (non-hydrogen) atoms. The van der Waals surface area contributed by atoms with Crippen molar-refractivity contribution in [2.75, 3.05) is 13.1 Å². The molecular formula is C23H40N4. The minimum Gasteiger partial charge on any atom is -0.298 e. The van der Waals surface area contributed by atoms with Crippen LogP contribution in [-0.4, -0.2) is 33.4 Å². The summed E-state index contributed by atoms with van der Waals surface area (Å²) in [5.74, 6) is 1.59. The van der Waals surface area contributed by atoms with Crippen LogP contribution in [0.25, 0.3) is 11.0 Å². The molecule has 4 heteroatoms. The van der Waals surface area contributed by atoms with Gasteiger partial charge in [-0.25, -0.2) is 0 Å². The van der Waals surface area contributed by atoms with Crippen molar-refractivity contribution in [2.45, 2.75) is 85.6 Å². The van der Waals surface area contributed by atoms with Crippen LogP contribution in [-0.2, 0) is 6.54 Å². The third-order valence-electron chi connectivity index (χ3n) is 5.95. The van der Waals surface area contributed by atoms with Crippen molar-refractivity contribution >= 4 is 11.0 Å². The van der Waals surface area contributed by atoms with E-state index in [0.717, 1.165) is 29.4 Å². The van der Waals surface area contributed by atoms with Gasteiger partial charge in [-0.2, -0.15) is 0 Å². The van der Waals surface area contributed by atoms with Gasteiger partial charge in [-0.1, -0.05) is 83.6 Å². The van der Waals surface area contributed by atoms with E-state index in [1.165, 1.54) is 70.0 Å². The number of rotatable bonds is 14. The van der Waals surface area contributed by atoms with Crippen LogP contribution < -0.4 is 0 Å². The number of hydrogen-bond acceptors (Lipinski definition) is 3. The number of unbranched alkanes of at least 4 members (excludes halogenated alkanes) is 2. The molecule has 2 aromatic rings. The topological polar surface area (TPSA) is 44.8 Å². The predicted octanol–water partition coefficient (Wildman–Crippen LogP) is 6.19. The second-order valence-corrected chi connectivity index (χ2v) is 8.15. The third-order valence-corrected chi connectivity index (χ3v) is 5.95. The highest BCUT2D eigenvalue weighted by Gasteiger charge is 2.18. The summed E-state index contributed by atoms with van der Waals surface area (Å²) in [6.45, 7) is 12.7.